The van der Waals surface area contributed by atoms with Crippen LogP contribution in [0.4, 0.5) is 0 Å². The van der Waals surface area contributed by atoms with E-state index in [1.165, 1.54) is 0 Å². The van der Waals surface area contributed by atoms with E-state index in [9.17, 15) is 19.8 Å². The summed E-state index contributed by atoms with van der Waals surface area (Å²) in [6, 6.07) is 3.01. The minimum atomic E-state index is -2.23. The first-order valence-electron chi connectivity index (χ1n) is 6.10. The van der Waals surface area contributed by atoms with Crippen LogP contribution in [0.5, 0.6) is 5.75 Å². The van der Waals surface area contributed by atoms with Crippen LogP contribution < -0.4 is 5.43 Å². The predicted octanol–water partition coefficient (Wildman–Crippen LogP) is -0.197. The number of rotatable bonds is 1. The smallest absolute Gasteiger partial charge is 0.226 e. The predicted molar refractivity (Wildman–Crippen MR) is 62.5 cm³/mol. The Labute approximate surface area is 113 Å². The highest BCUT2D eigenvalue weighted by Crippen LogP contribution is 2.46. The van der Waals surface area contributed by atoms with E-state index >= 15 is 0 Å². The molecule has 7 heteroatoms. The Kier molecular flexibility index (Phi) is 2.67. The molecule has 0 radical (unpaired) electrons. The average Bonchev–Trinajstić information content (AvgIpc) is 2.79. The van der Waals surface area contributed by atoms with Crippen LogP contribution in [0.25, 0.3) is 0 Å². The molecule has 2 aliphatic heterocycles. The van der Waals surface area contributed by atoms with Crippen molar-refractivity contribution in [1.82, 2.24) is 0 Å². The number of nitriles is 1. The molecule has 2 fully saturated rings. The Hall–Kier alpha value is -2.17. The molecule has 3 rings (SSSR count). The number of aromatic hydroxyl groups is 1. The number of ketones is 1. The van der Waals surface area contributed by atoms with Crippen LogP contribution >= 0.6 is 0 Å². The fourth-order valence-corrected chi connectivity index (χ4v) is 2.81. The van der Waals surface area contributed by atoms with Gasteiger partial charge in [0.05, 0.1) is 24.4 Å². The summed E-state index contributed by atoms with van der Waals surface area (Å²) >= 11 is 0. The molecular formula is C13H11NO6. The lowest BCUT2D eigenvalue weighted by atomic mass is 9.85. The Morgan fingerprint density at radius 3 is 2.90 bits per heavy atom. The van der Waals surface area contributed by atoms with Gasteiger partial charge in [-0.3, -0.25) is 9.59 Å². The molecule has 2 aliphatic rings. The first kappa shape index (κ1) is 12.8. The van der Waals surface area contributed by atoms with Gasteiger partial charge in [0.15, 0.2) is 11.5 Å². The van der Waals surface area contributed by atoms with E-state index in [2.05, 4.69) is 0 Å². The van der Waals surface area contributed by atoms with Gasteiger partial charge in [-0.05, 0) is 6.42 Å². The molecule has 2 saturated heterocycles. The first-order chi connectivity index (χ1) is 9.48. The summed E-state index contributed by atoms with van der Waals surface area (Å²) in [6.45, 7) is 0. The van der Waals surface area contributed by atoms with Gasteiger partial charge in [-0.15, -0.1) is 0 Å². The van der Waals surface area contributed by atoms with Crippen LogP contribution in [0.3, 0.4) is 0 Å². The molecule has 0 aliphatic carbocycles. The second-order valence-electron chi connectivity index (χ2n) is 4.99. The van der Waals surface area contributed by atoms with Gasteiger partial charge in [-0.2, -0.15) is 5.26 Å². The zero-order valence-corrected chi connectivity index (χ0v) is 10.3. The van der Waals surface area contributed by atoms with Crippen molar-refractivity contribution in [2.45, 2.75) is 30.7 Å². The Morgan fingerprint density at radius 2 is 2.20 bits per heavy atom. The molecule has 4 atom stereocenters. The van der Waals surface area contributed by atoms with Crippen molar-refractivity contribution in [3.63, 3.8) is 0 Å². The number of fused-ring (bicyclic) bond motifs is 2. The number of nitrogens with zero attached hydrogens (tertiary/aromatic N) is 1. The van der Waals surface area contributed by atoms with Crippen LogP contribution in [0.1, 0.15) is 18.6 Å². The van der Waals surface area contributed by atoms with Crippen LogP contribution in [-0.2, 0) is 15.1 Å². The first-order valence-corrected chi connectivity index (χ1v) is 6.10. The van der Waals surface area contributed by atoms with Gasteiger partial charge in [0.25, 0.3) is 0 Å². The highest BCUT2D eigenvalue weighted by molar-refractivity contribution is 5.90. The monoisotopic (exact) mass is 277 g/mol. The SMILES string of the molecule is N#C[C@H]1C[C@@H]2O[C@H]1CC(=O)[C@]2(O)c1occc(=O)c1O. The largest absolute Gasteiger partial charge is 0.502 e. The van der Waals surface area contributed by atoms with Gasteiger partial charge in [-0.25, -0.2) is 0 Å². The molecule has 104 valence electrons. The molecule has 2 bridgehead atoms. The van der Waals surface area contributed by atoms with Crippen molar-refractivity contribution in [3.8, 4) is 11.8 Å². The second kappa shape index (κ2) is 4.16. The standard InChI is InChI=1S/C13H11NO6/c14-5-6-3-10-13(18,9(16)4-8(6)20-10)12-11(17)7(15)1-2-19-12/h1-2,6,8,10,17-18H,3-4H2/t6-,8+,10+,13-/m1/s1. The van der Waals surface area contributed by atoms with Gasteiger partial charge in [0, 0.05) is 12.5 Å². The maximum atomic E-state index is 12.2. The molecule has 3 heterocycles. The summed E-state index contributed by atoms with van der Waals surface area (Å²) in [6.07, 6.45) is -0.596. The lowest BCUT2D eigenvalue weighted by Gasteiger charge is -2.35. The third-order valence-electron chi connectivity index (χ3n) is 3.90. The molecule has 1 aromatic rings. The van der Waals surface area contributed by atoms with Gasteiger partial charge < -0.3 is 19.4 Å². The third kappa shape index (κ3) is 1.52. The van der Waals surface area contributed by atoms with Gasteiger partial charge >= 0.3 is 0 Å². The molecule has 0 spiro atoms. The molecular weight excluding hydrogens is 266 g/mol. The van der Waals surface area contributed by atoms with Gasteiger partial charge in [0.2, 0.25) is 16.8 Å². The Morgan fingerprint density at radius 1 is 1.45 bits per heavy atom. The number of Topliss-reactive ketones (excluding diaryl/α,β-unsaturated/α-hetero) is 1. The van der Waals surface area contributed by atoms with Crippen molar-refractivity contribution in [2.75, 3.05) is 0 Å². The fourth-order valence-electron chi connectivity index (χ4n) is 2.81. The number of hydrogen-bond acceptors (Lipinski definition) is 7. The summed E-state index contributed by atoms with van der Waals surface area (Å²) < 4.78 is 10.5. The topological polar surface area (TPSA) is 121 Å². The molecule has 0 aromatic carbocycles. The number of carbonyl (C=O) groups excluding carboxylic acids is 1. The molecule has 0 amide bonds. The Bertz CT molecular complexity index is 674. The summed E-state index contributed by atoms with van der Waals surface area (Å²) in [5, 5.41) is 29.4. The molecule has 0 unspecified atom stereocenters. The van der Waals surface area contributed by atoms with E-state index in [0.717, 1.165) is 12.3 Å². The number of hydrogen-bond donors (Lipinski definition) is 2. The quantitative estimate of drug-likeness (QED) is 0.729. The lowest BCUT2D eigenvalue weighted by Crippen LogP contribution is -2.51. The van der Waals surface area contributed by atoms with Crippen molar-refractivity contribution in [2.24, 2.45) is 5.92 Å². The summed E-state index contributed by atoms with van der Waals surface area (Å²) in [5.74, 6) is -2.46. The minimum Gasteiger partial charge on any atom is -0.502 e. The van der Waals surface area contributed by atoms with Crippen molar-refractivity contribution in [3.05, 3.63) is 28.3 Å². The van der Waals surface area contributed by atoms with Crippen LogP contribution in [0.2, 0.25) is 0 Å². The average molecular weight is 277 g/mol. The van der Waals surface area contributed by atoms with Crippen molar-refractivity contribution < 1.29 is 24.2 Å². The molecule has 0 saturated carbocycles. The van der Waals surface area contributed by atoms with Gasteiger partial charge in [-0.1, -0.05) is 0 Å². The summed E-state index contributed by atoms with van der Waals surface area (Å²) in [4.78, 5) is 23.6. The molecule has 2 N–H and O–H groups in total. The van der Waals surface area contributed by atoms with Crippen molar-refractivity contribution in [1.29, 1.82) is 5.26 Å². The van der Waals surface area contributed by atoms with E-state index in [0.29, 0.717) is 0 Å². The highest BCUT2D eigenvalue weighted by atomic mass is 16.5. The molecule has 20 heavy (non-hydrogen) atoms. The normalized spacial score (nSPS) is 35.8. The van der Waals surface area contributed by atoms with E-state index in [4.69, 9.17) is 14.4 Å². The fraction of sp³-hybridized carbons (Fsp3) is 0.462. The minimum absolute atomic E-state index is 0.140. The van der Waals surface area contributed by atoms with Crippen molar-refractivity contribution >= 4 is 5.78 Å². The third-order valence-corrected chi connectivity index (χ3v) is 3.90. The Balaban J connectivity index is 2.12. The summed E-state index contributed by atoms with van der Waals surface area (Å²) in [5.41, 5.74) is -2.99. The van der Waals surface area contributed by atoms with Gasteiger partial charge in [0.1, 0.15) is 6.10 Å². The van der Waals surface area contributed by atoms with E-state index < -0.39 is 46.4 Å². The van der Waals surface area contributed by atoms with E-state index in [-0.39, 0.29) is 12.8 Å². The number of carbonyl (C=O) groups is 1. The molecule has 1 aromatic heterocycles. The zero-order chi connectivity index (χ0) is 14.5. The molecule has 7 nitrogen and oxygen atoms in total. The zero-order valence-electron chi connectivity index (χ0n) is 10.3. The lowest BCUT2D eigenvalue weighted by molar-refractivity contribution is -0.178. The van der Waals surface area contributed by atoms with Crippen LogP contribution in [0, 0.1) is 17.2 Å². The van der Waals surface area contributed by atoms with E-state index in [1.807, 2.05) is 6.07 Å². The number of aliphatic hydroxyl groups is 1. The maximum Gasteiger partial charge on any atom is 0.226 e. The van der Waals surface area contributed by atoms with E-state index in [1.54, 1.807) is 0 Å². The second-order valence-corrected chi connectivity index (χ2v) is 4.99. The summed E-state index contributed by atoms with van der Waals surface area (Å²) in [7, 11) is 0. The highest BCUT2D eigenvalue weighted by Gasteiger charge is 2.60. The maximum absolute atomic E-state index is 12.2. The number of ether oxygens (including phenoxy) is 1. The van der Waals surface area contributed by atoms with Crippen LogP contribution in [0.15, 0.2) is 21.5 Å². The van der Waals surface area contributed by atoms with Crippen LogP contribution in [-0.4, -0.2) is 28.2 Å².